The molecule has 0 spiro atoms. The lowest BCUT2D eigenvalue weighted by Gasteiger charge is -2.33. The number of aromatic nitrogens is 2. The van der Waals surface area contributed by atoms with Crippen molar-refractivity contribution in [2.75, 3.05) is 7.11 Å². The SMILES string of the molecule is COC(=O)CCCn1c(C(C)C)nc2sc3c(c2c1=O)CCC(C(C)(C)C)C3. The Kier molecular flexibility index (Phi) is 5.99. The summed E-state index contributed by atoms with van der Waals surface area (Å²) in [6, 6.07) is 0. The van der Waals surface area contributed by atoms with E-state index < -0.39 is 0 Å². The fraction of sp³-hybridized carbons (Fsp3) is 0.682. The highest BCUT2D eigenvalue weighted by atomic mass is 32.1. The molecule has 0 aliphatic heterocycles. The first-order chi connectivity index (χ1) is 13.1. The van der Waals surface area contributed by atoms with Crippen LogP contribution in [0.2, 0.25) is 0 Å². The first-order valence-electron chi connectivity index (χ1n) is 10.2. The molecule has 6 heteroatoms. The van der Waals surface area contributed by atoms with Gasteiger partial charge in [-0.25, -0.2) is 4.98 Å². The van der Waals surface area contributed by atoms with Gasteiger partial charge in [-0.2, -0.15) is 0 Å². The van der Waals surface area contributed by atoms with Gasteiger partial charge >= 0.3 is 5.97 Å². The molecule has 0 radical (unpaired) electrons. The van der Waals surface area contributed by atoms with Gasteiger partial charge in [0.2, 0.25) is 0 Å². The zero-order valence-electron chi connectivity index (χ0n) is 17.9. The smallest absolute Gasteiger partial charge is 0.305 e. The number of esters is 1. The highest BCUT2D eigenvalue weighted by molar-refractivity contribution is 7.18. The molecule has 1 unspecified atom stereocenters. The van der Waals surface area contributed by atoms with Crippen LogP contribution in [-0.2, 0) is 28.9 Å². The van der Waals surface area contributed by atoms with Crippen LogP contribution in [0.25, 0.3) is 10.2 Å². The lowest BCUT2D eigenvalue weighted by Crippen LogP contribution is -2.28. The predicted octanol–water partition coefficient (Wildman–Crippen LogP) is 4.69. The standard InChI is InChI=1S/C22H32N2O3S/c1-13(2)19-23-20-18(21(26)24(19)11-7-8-17(25)27-6)15-10-9-14(22(3,4)5)12-16(15)28-20/h13-14H,7-12H2,1-6H3. The third-order valence-electron chi connectivity index (χ3n) is 5.93. The highest BCUT2D eigenvalue weighted by Crippen LogP contribution is 2.42. The Balaban J connectivity index is 2.02. The summed E-state index contributed by atoms with van der Waals surface area (Å²) in [5, 5.41) is 0.815. The second kappa shape index (κ2) is 7.97. The van der Waals surface area contributed by atoms with Gasteiger partial charge in [0.15, 0.2) is 0 Å². The molecule has 154 valence electrons. The van der Waals surface area contributed by atoms with Crippen molar-refractivity contribution < 1.29 is 9.53 Å². The maximum absolute atomic E-state index is 13.4. The molecule has 28 heavy (non-hydrogen) atoms. The van der Waals surface area contributed by atoms with Crippen molar-refractivity contribution >= 4 is 27.5 Å². The Morgan fingerprint density at radius 3 is 2.68 bits per heavy atom. The first kappa shape index (κ1) is 21.0. The van der Waals surface area contributed by atoms with Crippen molar-refractivity contribution in [1.82, 2.24) is 9.55 Å². The number of thiophene rings is 1. The molecular formula is C22H32N2O3S. The predicted molar refractivity (Wildman–Crippen MR) is 114 cm³/mol. The Bertz CT molecular complexity index is 934. The van der Waals surface area contributed by atoms with Gasteiger partial charge in [0.1, 0.15) is 10.7 Å². The highest BCUT2D eigenvalue weighted by Gasteiger charge is 2.32. The number of aryl methyl sites for hydroxylation is 1. The van der Waals surface area contributed by atoms with Crippen LogP contribution in [0.1, 0.15) is 76.1 Å². The molecule has 0 saturated heterocycles. The van der Waals surface area contributed by atoms with E-state index in [1.54, 1.807) is 15.9 Å². The molecular weight excluding hydrogens is 372 g/mol. The quantitative estimate of drug-likeness (QED) is 0.679. The summed E-state index contributed by atoms with van der Waals surface area (Å²) >= 11 is 1.71. The molecule has 0 bridgehead atoms. The average molecular weight is 405 g/mol. The number of rotatable bonds is 5. The number of carbonyl (C=O) groups excluding carboxylic acids is 1. The largest absolute Gasteiger partial charge is 0.469 e. The molecule has 1 aliphatic carbocycles. The fourth-order valence-electron chi connectivity index (χ4n) is 4.15. The van der Waals surface area contributed by atoms with Crippen LogP contribution in [0.15, 0.2) is 4.79 Å². The minimum absolute atomic E-state index is 0.0604. The Hall–Kier alpha value is -1.69. The van der Waals surface area contributed by atoms with E-state index in [0.717, 1.165) is 35.3 Å². The van der Waals surface area contributed by atoms with Crippen molar-refractivity contribution in [3.8, 4) is 0 Å². The van der Waals surface area contributed by atoms with Crippen LogP contribution in [0, 0.1) is 11.3 Å². The van der Waals surface area contributed by atoms with Crippen LogP contribution < -0.4 is 5.56 Å². The number of methoxy groups -OCH3 is 1. The topological polar surface area (TPSA) is 61.2 Å². The van der Waals surface area contributed by atoms with E-state index in [0.29, 0.717) is 25.3 Å². The second-order valence-electron chi connectivity index (χ2n) is 9.25. The van der Waals surface area contributed by atoms with E-state index in [4.69, 9.17) is 9.72 Å². The minimum Gasteiger partial charge on any atom is -0.469 e. The monoisotopic (exact) mass is 404 g/mol. The van der Waals surface area contributed by atoms with Crippen molar-refractivity contribution in [2.45, 2.75) is 79.2 Å². The molecule has 1 aliphatic rings. The van der Waals surface area contributed by atoms with Gasteiger partial charge in [-0.3, -0.25) is 14.2 Å². The molecule has 1 atom stereocenters. The maximum Gasteiger partial charge on any atom is 0.305 e. The maximum atomic E-state index is 13.4. The van der Waals surface area contributed by atoms with Gasteiger partial charge in [-0.05, 0) is 42.6 Å². The molecule has 0 aromatic carbocycles. The van der Waals surface area contributed by atoms with Crippen LogP contribution in [0.4, 0.5) is 0 Å². The molecule has 0 N–H and O–H groups in total. The Morgan fingerprint density at radius 1 is 1.36 bits per heavy atom. The van der Waals surface area contributed by atoms with Crippen LogP contribution >= 0.6 is 11.3 Å². The van der Waals surface area contributed by atoms with E-state index in [1.165, 1.54) is 17.6 Å². The Morgan fingerprint density at radius 2 is 2.07 bits per heavy atom. The second-order valence-corrected chi connectivity index (χ2v) is 10.3. The number of carbonyl (C=O) groups is 1. The molecule has 0 saturated carbocycles. The summed E-state index contributed by atoms with van der Waals surface area (Å²) in [5.74, 6) is 1.36. The van der Waals surface area contributed by atoms with Crippen molar-refractivity contribution in [2.24, 2.45) is 11.3 Å². The normalized spacial score (nSPS) is 17.2. The van der Waals surface area contributed by atoms with Crippen molar-refractivity contribution in [1.29, 1.82) is 0 Å². The number of ether oxygens (including phenoxy) is 1. The Labute approximate surface area is 171 Å². The summed E-state index contributed by atoms with van der Waals surface area (Å²) in [4.78, 5) is 32.0. The third-order valence-corrected chi connectivity index (χ3v) is 7.08. The molecule has 5 nitrogen and oxygen atoms in total. The van der Waals surface area contributed by atoms with E-state index >= 15 is 0 Å². The zero-order chi connectivity index (χ0) is 20.6. The van der Waals surface area contributed by atoms with E-state index in [9.17, 15) is 9.59 Å². The van der Waals surface area contributed by atoms with Crippen LogP contribution in [-0.4, -0.2) is 22.6 Å². The van der Waals surface area contributed by atoms with Crippen LogP contribution in [0.5, 0.6) is 0 Å². The first-order valence-corrected chi connectivity index (χ1v) is 11.1. The molecule has 2 aromatic rings. The van der Waals surface area contributed by atoms with Gasteiger partial charge in [0.05, 0.1) is 12.5 Å². The van der Waals surface area contributed by atoms with Gasteiger partial charge in [0.25, 0.3) is 5.56 Å². The number of nitrogens with zero attached hydrogens (tertiary/aromatic N) is 2. The van der Waals surface area contributed by atoms with Crippen LogP contribution in [0.3, 0.4) is 0 Å². The van der Waals surface area contributed by atoms with E-state index in [1.807, 2.05) is 0 Å². The third kappa shape index (κ3) is 4.02. The summed E-state index contributed by atoms with van der Waals surface area (Å²) in [5.41, 5.74) is 1.55. The summed E-state index contributed by atoms with van der Waals surface area (Å²) in [6.45, 7) is 11.5. The molecule has 0 fully saturated rings. The number of fused-ring (bicyclic) bond motifs is 3. The molecule has 3 rings (SSSR count). The molecule has 2 heterocycles. The summed E-state index contributed by atoms with van der Waals surface area (Å²) in [6.07, 6.45) is 4.01. The van der Waals surface area contributed by atoms with Crippen molar-refractivity contribution in [3.63, 3.8) is 0 Å². The summed E-state index contributed by atoms with van der Waals surface area (Å²) < 4.78 is 6.52. The lowest BCUT2D eigenvalue weighted by atomic mass is 9.72. The minimum atomic E-state index is -0.241. The van der Waals surface area contributed by atoms with Crippen molar-refractivity contribution in [3.05, 3.63) is 26.6 Å². The van der Waals surface area contributed by atoms with E-state index in [-0.39, 0.29) is 22.9 Å². The zero-order valence-corrected chi connectivity index (χ0v) is 18.7. The lowest BCUT2D eigenvalue weighted by molar-refractivity contribution is -0.140. The van der Waals surface area contributed by atoms with Gasteiger partial charge in [-0.1, -0.05) is 34.6 Å². The molecule has 2 aromatic heterocycles. The van der Waals surface area contributed by atoms with Gasteiger partial charge < -0.3 is 4.74 Å². The summed E-state index contributed by atoms with van der Waals surface area (Å²) in [7, 11) is 1.39. The van der Waals surface area contributed by atoms with E-state index in [2.05, 4.69) is 34.6 Å². The van der Waals surface area contributed by atoms with Gasteiger partial charge in [0, 0.05) is 23.8 Å². The molecule has 0 amide bonds. The fourth-order valence-corrected chi connectivity index (χ4v) is 5.45. The van der Waals surface area contributed by atoms with Gasteiger partial charge in [-0.15, -0.1) is 11.3 Å². The number of hydrogen-bond acceptors (Lipinski definition) is 5. The average Bonchev–Trinajstić information content (AvgIpc) is 3.00. The number of hydrogen-bond donors (Lipinski definition) is 0.